The zero-order valence-electron chi connectivity index (χ0n) is 13.0. The number of nitrogens with one attached hydrogen (secondary N) is 2. The first-order chi connectivity index (χ1) is 11.5. The van der Waals surface area contributed by atoms with Gasteiger partial charge < -0.3 is 15.0 Å². The Bertz CT molecular complexity index is 871. The van der Waals surface area contributed by atoms with Crippen molar-refractivity contribution in [1.82, 2.24) is 19.7 Å². The van der Waals surface area contributed by atoms with Crippen LogP contribution in [0, 0.1) is 0 Å². The van der Waals surface area contributed by atoms with Gasteiger partial charge in [-0.05, 0) is 24.1 Å². The van der Waals surface area contributed by atoms with Gasteiger partial charge in [-0.1, -0.05) is 17.7 Å². The summed E-state index contributed by atoms with van der Waals surface area (Å²) in [5, 5.41) is 19.3. The number of benzene rings is 1. The van der Waals surface area contributed by atoms with Crippen LogP contribution in [0.4, 0.5) is 5.82 Å². The first kappa shape index (κ1) is 16.1. The smallest absolute Gasteiger partial charge is 0.225 e. The number of phenols is 1. The Morgan fingerprint density at radius 3 is 2.96 bits per heavy atom. The van der Waals surface area contributed by atoms with Crippen LogP contribution in [0.15, 0.2) is 36.7 Å². The van der Waals surface area contributed by atoms with E-state index >= 15 is 0 Å². The summed E-state index contributed by atoms with van der Waals surface area (Å²) in [5.74, 6) is 1.06. The highest BCUT2D eigenvalue weighted by Crippen LogP contribution is 2.24. The lowest BCUT2D eigenvalue weighted by atomic mass is 10.1. The van der Waals surface area contributed by atoms with Crippen molar-refractivity contribution in [2.75, 3.05) is 5.32 Å². The molecule has 0 aliphatic rings. The lowest BCUT2D eigenvalue weighted by Gasteiger charge is -2.04. The van der Waals surface area contributed by atoms with E-state index in [1.165, 1.54) is 6.07 Å². The second-order valence-electron chi connectivity index (χ2n) is 5.36. The molecule has 0 radical (unpaired) electrons. The number of amides is 1. The number of rotatable bonds is 5. The quantitative estimate of drug-likeness (QED) is 0.662. The summed E-state index contributed by atoms with van der Waals surface area (Å²) in [5.41, 5.74) is 1.60. The SMILES string of the molecule is Cn1ccnc1-c1cc(NC(=O)CCc2ccc(O)c(Cl)c2)n[nH]1. The molecule has 0 unspecified atom stereocenters. The molecular weight excluding hydrogens is 330 g/mol. The van der Waals surface area contributed by atoms with E-state index in [1.807, 2.05) is 17.8 Å². The van der Waals surface area contributed by atoms with E-state index < -0.39 is 0 Å². The fourth-order valence-electron chi connectivity index (χ4n) is 2.29. The number of hydrogen-bond acceptors (Lipinski definition) is 4. The maximum absolute atomic E-state index is 12.0. The van der Waals surface area contributed by atoms with Crippen LogP contribution in [0.5, 0.6) is 5.75 Å². The summed E-state index contributed by atoms with van der Waals surface area (Å²) >= 11 is 5.85. The van der Waals surface area contributed by atoms with E-state index in [2.05, 4.69) is 20.5 Å². The van der Waals surface area contributed by atoms with Crippen LogP contribution in [0.2, 0.25) is 5.02 Å². The molecular formula is C16H16ClN5O2. The molecule has 7 nitrogen and oxygen atoms in total. The Hall–Kier alpha value is -2.80. The largest absolute Gasteiger partial charge is 0.506 e. The normalized spacial score (nSPS) is 10.8. The monoisotopic (exact) mass is 345 g/mol. The molecule has 1 amide bonds. The Balaban J connectivity index is 1.58. The van der Waals surface area contributed by atoms with E-state index in [0.29, 0.717) is 12.2 Å². The molecule has 0 saturated heterocycles. The topological polar surface area (TPSA) is 95.8 Å². The second kappa shape index (κ2) is 6.76. The van der Waals surface area contributed by atoms with Crippen LogP contribution < -0.4 is 5.32 Å². The summed E-state index contributed by atoms with van der Waals surface area (Å²) in [6.07, 6.45) is 4.32. The van der Waals surface area contributed by atoms with Gasteiger partial charge in [0, 0.05) is 31.9 Å². The van der Waals surface area contributed by atoms with Crippen LogP contribution in [-0.4, -0.2) is 30.8 Å². The Kier molecular flexibility index (Phi) is 4.52. The van der Waals surface area contributed by atoms with Gasteiger partial charge in [-0.3, -0.25) is 9.89 Å². The number of halogens is 1. The molecule has 124 valence electrons. The highest BCUT2D eigenvalue weighted by molar-refractivity contribution is 6.32. The average Bonchev–Trinajstić information content (AvgIpc) is 3.17. The Morgan fingerprint density at radius 1 is 1.42 bits per heavy atom. The second-order valence-corrected chi connectivity index (χ2v) is 5.77. The standard InChI is InChI=1S/C16H16ClN5O2/c1-22-7-6-18-16(22)12-9-14(21-20-12)19-15(24)5-3-10-2-4-13(23)11(17)8-10/h2,4,6-9,23H,3,5H2,1H3,(H2,19,20,21,24). The maximum atomic E-state index is 12.0. The molecule has 3 aromatic rings. The van der Waals surface area contributed by atoms with Gasteiger partial charge in [-0.15, -0.1) is 0 Å². The number of carbonyl (C=O) groups is 1. The van der Waals surface area contributed by atoms with Crippen LogP contribution in [-0.2, 0) is 18.3 Å². The van der Waals surface area contributed by atoms with Crippen molar-refractivity contribution in [3.63, 3.8) is 0 Å². The van der Waals surface area contributed by atoms with E-state index in [9.17, 15) is 9.90 Å². The molecule has 3 rings (SSSR count). The minimum Gasteiger partial charge on any atom is -0.506 e. The molecule has 0 spiro atoms. The predicted molar refractivity (Wildman–Crippen MR) is 90.9 cm³/mol. The first-order valence-electron chi connectivity index (χ1n) is 7.33. The molecule has 0 aliphatic heterocycles. The van der Waals surface area contributed by atoms with Gasteiger partial charge in [0.1, 0.15) is 11.4 Å². The summed E-state index contributed by atoms with van der Waals surface area (Å²) in [6, 6.07) is 6.64. The van der Waals surface area contributed by atoms with Crippen molar-refractivity contribution in [3.05, 3.63) is 47.2 Å². The third-order valence-electron chi connectivity index (χ3n) is 3.56. The minimum absolute atomic E-state index is 0.0307. The van der Waals surface area contributed by atoms with Crippen LogP contribution in [0.1, 0.15) is 12.0 Å². The van der Waals surface area contributed by atoms with Gasteiger partial charge >= 0.3 is 0 Å². The number of aryl methyl sites for hydroxylation is 2. The summed E-state index contributed by atoms with van der Waals surface area (Å²) in [6.45, 7) is 0. The summed E-state index contributed by atoms with van der Waals surface area (Å²) < 4.78 is 1.85. The third kappa shape index (κ3) is 3.57. The molecule has 0 atom stereocenters. The highest BCUT2D eigenvalue weighted by Gasteiger charge is 2.10. The number of phenolic OH excluding ortho intramolecular Hbond substituents is 1. The number of imidazole rings is 1. The summed E-state index contributed by atoms with van der Waals surface area (Å²) in [4.78, 5) is 16.2. The van der Waals surface area contributed by atoms with Crippen molar-refractivity contribution >= 4 is 23.3 Å². The zero-order valence-corrected chi connectivity index (χ0v) is 13.7. The van der Waals surface area contributed by atoms with Gasteiger partial charge in [-0.2, -0.15) is 5.10 Å². The average molecular weight is 346 g/mol. The number of nitrogens with zero attached hydrogens (tertiary/aromatic N) is 3. The number of aromatic nitrogens is 4. The van der Waals surface area contributed by atoms with Gasteiger partial charge in [0.05, 0.1) is 5.02 Å². The van der Waals surface area contributed by atoms with Gasteiger partial charge in [-0.25, -0.2) is 4.98 Å². The third-order valence-corrected chi connectivity index (χ3v) is 3.86. The predicted octanol–water partition coefficient (Wildman–Crippen LogP) is 2.74. The molecule has 0 aliphatic carbocycles. The molecule has 0 fully saturated rings. The summed E-state index contributed by atoms with van der Waals surface area (Å²) in [7, 11) is 1.88. The van der Waals surface area contributed by atoms with Gasteiger partial charge in [0.25, 0.3) is 0 Å². The van der Waals surface area contributed by atoms with E-state index in [0.717, 1.165) is 17.1 Å². The molecule has 0 bridgehead atoms. The van der Waals surface area contributed by atoms with Crippen molar-refractivity contribution in [3.8, 4) is 17.3 Å². The fraction of sp³-hybridized carbons (Fsp3) is 0.188. The Labute approximate surface area is 143 Å². The molecule has 24 heavy (non-hydrogen) atoms. The number of carbonyl (C=O) groups excluding carboxylic acids is 1. The lowest BCUT2D eigenvalue weighted by molar-refractivity contribution is -0.116. The van der Waals surface area contributed by atoms with Crippen LogP contribution in [0.25, 0.3) is 11.5 Å². The van der Waals surface area contributed by atoms with E-state index in [4.69, 9.17) is 11.6 Å². The van der Waals surface area contributed by atoms with Crippen molar-refractivity contribution in [2.24, 2.45) is 7.05 Å². The van der Waals surface area contributed by atoms with Crippen LogP contribution >= 0.6 is 11.6 Å². The molecule has 2 heterocycles. The molecule has 1 aromatic carbocycles. The van der Waals surface area contributed by atoms with Crippen molar-refractivity contribution in [2.45, 2.75) is 12.8 Å². The minimum atomic E-state index is -0.155. The Morgan fingerprint density at radius 2 is 2.25 bits per heavy atom. The lowest BCUT2D eigenvalue weighted by Crippen LogP contribution is -2.12. The fourth-order valence-corrected chi connectivity index (χ4v) is 2.50. The number of aromatic amines is 1. The molecule has 2 aromatic heterocycles. The van der Waals surface area contributed by atoms with Crippen LogP contribution in [0.3, 0.4) is 0 Å². The van der Waals surface area contributed by atoms with E-state index in [1.54, 1.807) is 24.4 Å². The molecule has 0 saturated carbocycles. The number of H-pyrrole nitrogens is 1. The van der Waals surface area contributed by atoms with E-state index in [-0.39, 0.29) is 23.1 Å². The van der Waals surface area contributed by atoms with Crippen molar-refractivity contribution in [1.29, 1.82) is 0 Å². The number of aromatic hydroxyl groups is 1. The molecule has 3 N–H and O–H groups in total. The van der Waals surface area contributed by atoms with Gasteiger partial charge in [0.2, 0.25) is 5.91 Å². The maximum Gasteiger partial charge on any atom is 0.225 e. The highest BCUT2D eigenvalue weighted by atomic mass is 35.5. The zero-order chi connectivity index (χ0) is 17.1. The molecule has 8 heteroatoms. The van der Waals surface area contributed by atoms with Gasteiger partial charge in [0.15, 0.2) is 11.6 Å². The number of anilines is 1. The number of hydrogen-bond donors (Lipinski definition) is 3. The van der Waals surface area contributed by atoms with Crippen molar-refractivity contribution < 1.29 is 9.90 Å². The first-order valence-corrected chi connectivity index (χ1v) is 7.71.